The Hall–Kier alpha value is -2.91. The molecule has 0 aliphatic carbocycles. The van der Waals surface area contributed by atoms with Crippen molar-refractivity contribution in [3.8, 4) is 6.07 Å². The maximum atomic E-state index is 12.7. The number of carbonyl (C=O) groups is 1. The molecule has 140 valence electrons. The first-order chi connectivity index (χ1) is 13.1. The van der Waals surface area contributed by atoms with Gasteiger partial charge in [-0.15, -0.1) is 0 Å². The number of benzene rings is 1. The van der Waals surface area contributed by atoms with Crippen LogP contribution in [0.2, 0.25) is 0 Å². The molecule has 1 unspecified atom stereocenters. The van der Waals surface area contributed by atoms with Crippen molar-refractivity contribution >= 4 is 11.7 Å². The molecule has 1 atom stereocenters. The highest BCUT2D eigenvalue weighted by Gasteiger charge is 2.24. The van der Waals surface area contributed by atoms with Gasteiger partial charge in [0.2, 0.25) is 5.91 Å². The summed E-state index contributed by atoms with van der Waals surface area (Å²) in [5, 5.41) is 9.25. The lowest BCUT2D eigenvalue weighted by molar-refractivity contribution is -0.133. The minimum absolute atomic E-state index is 0.0479. The molecule has 1 amide bonds. The second-order valence-corrected chi connectivity index (χ2v) is 6.84. The molecule has 0 N–H and O–H groups in total. The summed E-state index contributed by atoms with van der Waals surface area (Å²) in [5.74, 6) is 0.858. The Bertz CT molecular complexity index is 809. The molecule has 6 nitrogen and oxygen atoms in total. The zero-order chi connectivity index (χ0) is 19.2. The van der Waals surface area contributed by atoms with Gasteiger partial charge < -0.3 is 9.80 Å². The molecule has 1 aliphatic rings. The second kappa shape index (κ2) is 8.65. The zero-order valence-electron chi connectivity index (χ0n) is 15.9. The Morgan fingerprint density at radius 2 is 1.89 bits per heavy atom. The second-order valence-electron chi connectivity index (χ2n) is 6.84. The Morgan fingerprint density at radius 3 is 2.56 bits per heavy atom. The van der Waals surface area contributed by atoms with E-state index in [1.807, 2.05) is 42.3 Å². The van der Waals surface area contributed by atoms with Crippen molar-refractivity contribution in [2.24, 2.45) is 0 Å². The fourth-order valence-corrected chi connectivity index (χ4v) is 3.33. The monoisotopic (exact) mass is 363 g/mol. The first kappa shape index (κ1) is 18.9. The number of aromatic nitrogens is 1. The number of nitrogens with zero attached hydrogens (tertiary/aromatic N) is 5. The third-order valence-corrected chi connectivity index (χ3v) is 5.19. The highest BCUT2D eigenvalue weighted by Crippen LogP contribution is 2.20. The van der Waals surface area contributed by atoms with Gasteiger partial charge in [0.25, 0.3) is 0 Å². The van der Waals surface area contributed by atoms with Crippen molar-refractivity contribution in [1.82, 2.24) is 14.8 Å². The lowest BCUT2D eigenvalue weighted by atomic mass is 10.1. The summed E-state index contributed by atoms with van der Waals surface area (Å²) in [7, 11) is 1.86. The molecule has 2 heterocycles. The number of pyridine rings is 1. The van der Waals surface area contributed by atoms with Gasteiger partial charge in [-0.1, -0.05) is 30.3 Å². The molecule has 1 aromatic carbocycles. The Morgan fingerprint density at radius 1 is 1.19 bits per heavy atom. The summed E-state index contributed by atoms with van der Waals surface area (Å²) in [6.07, 6.45) is 1.71. The molecule has 2 aromatic rings. The summed E-state index contributed by atoms with van der Waals surface area (Å²) < 4.78 is 0. The van der Waals surface area contributed by atoms with Crippen molar-refractivity contribution in [2.45, 2.75) is 13.0 Å². The van der Waals surface area contributed by atoms with Crippen LogP contribution in [0.5, 0.6) is 0 Å². The number of piperazine rings is 1. The van der Waals surface area contributed by atoms with Crippen LogP contribution >= 0.6 is 0 Å². The summed E-state index contributed by atoms with van der Waals surface area (Å²) in [6.45, 7) is 5.54. The van der Waals surface area contributed by atoms with Gasteiger partial charge in [-0.05, 0) is 24.6 Å². The van der Waals surface area contributed by atoms with E-state index in [2.05, 4.69) is 27.8 Å². The van der Waals surface area contributed by atoms with Gasteiger partial charge in [-0.25, -0.2) is 4.98 Å². The van der Waals surface area contributed by atoms with E-state index in [0.717, 1.165) is 37.6 Å². The molecule has 0 radical (unpaired) electrons. The Balaban J connectivity index is 1.54. The van der Waals surface area contributed by atoms with E-state index in [9.17, 15) is 10.1 Å². The Labute approximate surface area is 160 Å². The maximum absolute atomic E-state index is 12.7. The van der Waals surface area contributed by atoms with E-state index in [4.69, 9.17) is 0 Å². The van der Waals surface area contributed by atoms with Crippen LogP contribution in [-0.4, -0.2) is 60.5 Å². The molecule has 1 aliphatic heterocycles. The molecule has 0 spiro atoms. The van der Waals surface area contributed by atoms with Crippen molar-refractivity contribution in [2.75, 3.05) is 44.7 Å². The SMILES string of the molecule is CC(c1ccccc1)N(C)C(=O)CN1CCN(c2ncccc2C#N)CC1. The van der Waals surface area contributed by atoms with Crippen LogP contribution in [0.3, 0.4) is 0 Å². The normalized spacial score (nSPS) is 15.8. The predicted octanol–water partition coefficient (Wildman–Crippen LogP) is 2.29. The molecule has 0 saturated carbocycles. The number of nitriles is 1. The van der Waals surface area contributed by atoms with E-state index >= 15 is 0 Å². The fourth-order valence-electron chi connectivity index (χ4n) is 3.33. The molecule has 0 bridgehead atoms. The van der Waals surface area contributed by atoms with Crippen LogP contribution in [0.15, 0.2) is 48.7 Å². The molecular weight excluding hydrogens is 338 g/mol. The van der Waals surface area contributed by atoms with Gasteiger partial charge in [-0.2, -0.15) is 5.26 Å². The van der Waals surface area contributed by atoms with Crippen LogP contribution in [0.25, 0.3) is 0 Å². The number of hydrogen-bond donors (Lipinski definition) is 0. The molecule has 1 fully saturated rings. The number of amides is 1. The number of hydrogen-bond acceptors (Lipinski definition) is 5. The van der Waals surface area contributed by atoms with E-state index in [0.29, 0.717) is 12.1 Å². The van der Waals surface area contributed by atoms with Gasteiger partial charge in [0.05, 0.1) is 18.2 Å². The third-order valence-electron chi connectivity index (χ3n) is 5.19. The van der Waals surface area contributed by atoms with Crippen LogP contribution in [0.1, 0.15) is 24.1 Å². The molecule has 1 aromatic heterocycles. The van der Waals surface area contributed by atoms with E-state index in [1.165, 1.54) is 0 Å². The van der Waals surface area contributed by atoms with Gasteiger partial charge in [0, 0.05) is 39.4 Å². The van der Waals surface area contributed by atoms with Gasteiger partial charge in [0.1, 0.15) is 11.9 Å². The van der Waals surface area contributed by atoms with Crippen molar-refractivity contribution in [3.05, 3.63) is 59.8 Å². The molecule has 27 heavy (non-hydrogen) atoms. The van der Waals surface area contributed by atoms with E-state index in [-0.39, 0.29) is 11.9 Å². The standard InChI is InChI=1S/C21H25N5O/c1-17(18-7-4-3-5-8-18)24(2)20(27)16-25-11-13-26(14-12-25)21-19(15-22)9-6-10-23-21/h3-10,17H,11-14,16H2,1-2H3. The smallest absolute Gasteiger partial charge is 0.236 e. The van der Waals surface area contributed by atoms with Crippen LogP contribution in [0, 0.1) is 11.3 Å². The van der Waals surface area contributed by atoms with Crippen LogP contribution < -0.4 is 4.90 Å². The minimum atomic E-state index is 0.0479. The van der Waals surface area contributed by atoms with Gasteiger partial charge in [-0.3, -0.25) is 9.69 Å². The van der Waals surface area contributed by atoms with Crippen LogP contribution in [-0.2, 0) is 4.79 Å². The third kappa shape index (κ3) is 4.44. The lowest BCUT2D eigenvalue weighted by Crippen LogP contribution is -2.50. The van der Waals surface area contributed by atoms with Gasteiger partial charge in [0.15, 0.2) is 0 Å². The topological polar surface area (TPSA) is 63.5 Å². The largest absolute Gasteiger partial charge is 0.353 e. The predicted molar refractivity (Wildman–Crippen MR) is 105 cm³/mol. The minimum Gasteiger partial charge on any atom is -0.353 e. The summed E-state index contributed by atoms with van der Waals surface area (Å²) in [4.78, 5) is 23.2. The zero-order valence-corrected chi connectivity index (χ0v) is 15.9. The molecule has 1 saturated heterocycles. The first-order valence-electron chi connectivity index (χ1n) is 9.23. The number of rotatable bonds is 5. The number of anilines is 1. The molecule has 6 heteroatoms. The van der Waals surface area contributed by atoms with Crippen molar-refractivity contribution < 1.29 is 4.79 Å². The van der Waals surface area contributed by atoms with Crippen molar-refractivity contribution in [3.63, 3.8) is 0 Å². The summed E-state index contributed by atoms with van der Waals surface area (Å²) in [5.41, 5.74) is 1.73. The molecular formula is C21H25N5O. The lowest BCUT2D eigenvalue weighted by Gasteiger charge is -2.36. The first-order valence-corrected chi connectivity index (χ1v) is 9.23. The van der Waals surface area contributed by atoms with Crippen LogP contribution in [0.4, 0.5) is 5.82 Å². The fraction of sp³-hybridized carbons (Fsp3) is 0.381. The van der Waals surface area contributed by atoms with E-state index in [1.54, 1.807) is 18.3 Å². The average Bonchev–Trinajstić information content (AvgIpc) is 2.73. The van der Waals surface area contributed by atoms with Gasteiger partial charge >= 0.3 is 0 Å². The maximum Gasteiger partial charge on any atom is 0.236 e. The quantitative estimate of drug-likeness (QED) is 0.816. The van der Waals surface area contributed by atoms with Crippen molar-refractivity contribution in [1.29, 1.82) is 5.26 Å². The molecule has 3 rings (SSSR count). The highest BCUT2D eigenvalue weighted by atomic mass is 16.2. The summed E-state index contributed by atoms with van der Waals surface area (Å²) in [6, 6.07) is 15.9. The highest BCUT2D eigenvalue weighted by molar-refractivity contribution is 5.78. The average molecular weight is 363 g/mol. The van der Waals surface area contributed by atoms with E-state index < -0.39 is 0 Å². The summed E-state index contributed by atoms with van der Waals surface area (Å²) >= 11 is 0. The number of likely N-dealkylation sites (N-methyl/N-ethyl adjacent to an activating group) is 1. The number of carbonyl (C=O) groups excluding carboxylic acids is 1. The Kier molecular flexibility index (Phi) is 6.05.